The van der Waals surface area contributed by atoms with Crippen molar-refractivity contribution < 1.29 is 18.3 Å². The molecule has 1 aromatic heterocycles. The summed E-state index contributed by atoms with van der Waals surface area (Å²) in [5, 5.41) is 0.885. The maximum atomic E-state index is 13.1. The van der Waals surface area contributed by atoms with Gasteiger partial charge in [0, 0.05) is 24.5 Å². The Bertz CT molecular complexity index is 924. The highest BCUT2D eigenvalue weighted by molar-refractivity contribution is 5.96. The van der Waals surface area contributed by atoms with E-state index in [0.29, 0.717) is 36.1 Å². The van der Waals surface area contributed by atoms with Crippen LogP contribution in [0.15, 0.2) is 52.9 Å². The van der Waals surface area contributed by atoms with Crippen molar-refractivity contribution in [1.29, 1.82) is 0 Å². The lowest BCUT2D eigenvalue weighted by Crippen LogP contribution is -2.37. The number of carbonyl (C=O) groups excluding carboxylic acids is 1. The largest absolute Gasteiger partial charge is 0.497 e. The molecule has 1 amide bonds. The van der Waals surface area contributed by atoms with Crippen molar-refractivity contribution in [2.45, 2.75) is 18.8 Å². The molecule has 2 heterocycles. The third kappa shape index (κ3) is 3.17. The average Bonchev–Trinajstić information content (AvgIpc) is 3.11. The van der Waals surface area contributed by atoms with Crippen LogP contribution in [0.25, 0.3) is 11.0 Å². The fraction of sp³-hybridized carbons (Fsp3) is 0.286. The maximum Gasteiger partial charge on any atom is 0.289 e. The van der Waals surface area contributed by atoms with E-state index in [2.05, 4.69) is 0 Å². The summed E-state index contributed by atoms with van der Waals surface area (Å²) < 4.78 is 24.0. The molecule has 26 heavy (non-hydrogen) atoms. The number of piperidine rings is 1. The number of hydrogen-bond donors (Lipinski definition) is 0. The maximum absolute atomic E-state index is 13.1. The standard InChI is InChI=1S/C21H20FNO3/c1-25-18-7-4-16-12-20(26-19(16)13-18)21(24)23-10-8-15(9-11-23)14-2-5-17(22)6-3-14/h2-7,12-13,15H,8-11H2,1H3. The van der Waals surface area contributed by atoms with E-state index in [9.17, 15) is 9.18 Å². The Balaban J connectivity index is 1.45. The summed E-state index contributed by atoms with van der Waals surface area (Å²) in [5.74, 6) is 1.11. The second kappa shape index (κ2) is 6.83. The summed E-state index contributed by atoms with van der Waals surface area (Å²) in [6.45, 7) is 1.34. The van der Waals surface area contributed by atoms with Gasteiger partial charge in [-0.3, -0.25) is 4.79 Å². The lowest BCUT2D eigenvalue weighted by molar-refractivity contribution is 0.0683. The summed E-state index contributed by atoms with van der Waals surface area (Å²) >= 11 is 0. The molecular formula is C21H20FNO3. The van der Waals surface area contributed by atoms with E-state index in [-0.39, 0.29) is 11.7 Å². The molecule has 0 saturated carbocycles. The second-order valence-electron chi connectivity index (χ2n) is 6.63. The number of rotatable bonds is 3. The fourth-order valence-corrected chi connectivity index (χ4v) is 3.55. The Morgan fingerprint density at radius 2 is 1.85 bits per heavy atom. The van der Waals surface area contributed by atoms with Crippen LogP contribution in [0.1, 0.15) is 34.9 Å². The van der Waals surface area contributed by atoms with E-state index in [0.717, 1.165) is 23.8 Å². The Kier molecular flexibility index (Phi) is 4.37. The number of amides is 1. The third-order valence-electron chi connectivity index (χ3n) is 5.06. The van der Waals surface area contributed by atoms with E-state index in [1.807, 2.05) is 29.2 Å². The molecule has 1 aliphatic heterocycles. The fourth-order valence-electron chi connectivity index (χ4n) is 3.55. The molecule has 4 nitrogen and oxygen atoms in total. The van der Waals surface area contributed by atoms with Crippen molar-refractivity contribution in [2.75, 3.05) is 20.2 Å². The average molecular weight is 353 g/mol. The number of halogens is 1. The van der Waals surface area contributed by atoms with Crippen LogP contribution in [-0.4, -0.2) is 31.0 Å². The van der Waals surface area contributed by atoms with Crippen LogP contribution in [-0.2, 0) is 0 Å². The molecule has 5 heteroatoms. The van der Waals surface area contributed by atoms with Crippen LogP contribution >= 0.6 is 0 Å². The molecule has 0 radical (unpaired) electrons. The van der Waals surface area contributed by atoms with E-state index in [1.54, 1.807) is 19.2 Å². The van der Waals surface area contributed by atoms with Crippen molar-refractivity contribution in [1.82, 2.24) is 4.90 Å². The molecule has 134 valence electrons. The molecule has 1 saturated heterocycles. The summed E-state index contributed by atoms with van der Waals surface area (Å²) in [6.07, 6.45) is 1.73. The topological polar surface area (TPSA) is 42.7 Å². The predicted octanol–water partition coefficient (Wildman–Crippen LogP) is 4.60. The number of nitrogens with zero attached hydrogens (tertiary/aromatic N) is 1. The van der Waals surface area contributed by atoms with Crippen molar-refractivity contribution >= 4 is 16.9 Å². The van der Waals surface area contributed by atoms with Gasteiger partial charge in [0.25, 0.3) is 5.91 Å². The van der Waals surface area contributed by atoms with Crippen molar-refractivity contribution in [3.63, 3.8) is 0 Å². The number of likely N-dealkylation sites (tertiary alicyclic amines) is 1. The first-order valence-corrected chi connectivity index (χ1v) is 8.76. The first-order chi connectivity index (χ1) is 12.6. The van der Waals surface area contributed by atoms with Crippen LogP contribution in [0, 0.1) is 5.82 Å². The van der Waals surface area contributed by atoms with E-state index in [4.69, 9.17) is 9.15 Å². The van der Waals surface area contributed by atoms with Gasteiger partial charge in [-0.25, -0.2) is 4.39 Å². The molecule has 0 bridgehead atoms. The number of furan rings is 1. The molecule has 0 spiro atoms. The van der Waals surface area contributed by atoms with Crippen LogP contribution < -0.4 is 4.74 Å². The minimum atomic E-state index is -0.220. The lowest BCUT2D eigenvalue weighted by Gasteiger charge is -2.31. The first-order valence-electron chi connectivity index (χ1n) is 8.76. The number of methoxy groups -OCH3 is 1. The van der Waals surface area contributed by atoms with Crippen molar-refractivity contribution in [2.24, 2.45) is 0 Å². The van der Waals surface area contributed by atoms with Gasteiger partial charge in [-0.15, -0.1) is 0 Å². The number of ether oxygens (including phenoxy) is 1. The molecule has 3 aromatic rings. The van der Waals surface area contributed by atoms with Crippen LogP contribution in [0.2, 0.25) is 0 Å². The highest BCUT2D eigenvalue weighted by Crippen LogP contribution is 2.30. The summed E-state index contributed by atoms with van der Waals surface area (Å²) in [5.41, 5.74) is 1.78. The van der Waals surface area contributed by atoms with Crippen LogP contribution in [0.4, 0.5) is 4.39 Å². The molecule has 2 aromatic carbocycles. The molecule has 4 rings (SSSR count). The molecule has 0 atom stereocenters. The summed E-state index contributed by atoms with van der Waals surface area (Å²) in [6, 6.07) is 14.0. The highest BCUT2D eigenvalue weighted by Gasteiger charge is 2.26. The van der Waals surface area contributed by atoms with Crippen LogP contribution in [0.5, 0.6) is 5.75 Å². The minimum absolute atomic E-state index is 0.0854. The zero-order chi connectivity index (χ0) is 18.1. The third-order valence-corrected chi connectivity index (χ3v) is 5.06. The van der Waals surface area contributed by atoms with Gasteiger partial charge in [0.05, 0.1) is 7.11 Å². The van der Waals surface area contributed by atoms with Gasteiger partial charge in [0.1, 0.15) is 17.1 Å². The summed E-state index contributed by atoms with van der Waals surface area (Å²) in [7, 11) is 1.60. The number of fused-ring (bicyclic) bond motifs is 1. The molecular weight excluding hydrogens is 333 g/mol. The van der Waals surface area contributed by atoms with Gasteiger partial charge in [0.15, 0.2) is 5.76 Å². The van der Waals surface area contributed by atoms with Crippen molar-refractivity contribution in [3.8, 4) is 5.75 Å². The van der Waals surface area contributed by atoms with Gasteiger partial charge in [-0.05, 0) is 54.7 Å². The zero-order valence-electron chi connectivity index (χ0n) is 14.6. The van der Waals surface area contributed by atoms with E-state index in [1.165, 1.54) is 12.1 Å². The Morgan fingerprint density at radius 1 is 1.12 bits per heavy atom. The summed E-state index contributed by atoms with van der Waals surface area (Å²) in [4.78, 5) is 14.6. The quantitative estimate of drug-likeness (QED) is 0.691. The van der Waals surface area contributed by atoms with Gasteiger partial charge < -0.3 is 14.1 Å². The molecule has 0 N–H and O–H groups in total. The Morgan fingerprint density at radius 3 is 2.54 bits per heavy atom. The van der Waals surface area contributed by atoms with Gasteiger partial charge in [0.2, 0.25) is 0 Å². The number of carbonyl (C=O) groups is 1. The normalized spacial score (nSPS) is 15.4. The van der Waals surface area contributed by atoms with Crippen molar-refractivity contribution in [3.05, 3.63) is 65.7 Å². The molecule has 0 unspecified atom stereocenters. The minimum Gasteiger partial charge on any atom is -0.497 e. The number of benzene rings is 2. The smallest absolute Gasteiger partial charge is 0.289 e. The molecule has 0 aliphatic carbocycles. The first kappa shape index (κ1) is 16.6. The van der Waals surface area contributed by atoms with Gasteiger partial charge in [-0.1, -0.05) is 12.1 Å². The van der Waals surface area contributed by atoms with Crippen LogP contribution in [0.3, 0.4) is 0 Å². The highest BCUT2D eigenvalue weighted by atomic mass is 19.1. The van der Waals surface area contributed by atoms with Gasteiger partial charge >= 0.3 is 0 Å². The Hall–Kier alpha value is -2.82. The predicted molar refractivity (Wildman–Crippen MR) is 97.0 cm³/mol. The Labute approximate surface area is 151 Å². The monoisotopic (exact) mass is 353 g/mol. The van der Waals surface area contributed by atoms with Gasteiger partial charge in [-0.2, -0.15) is 0 Å². The van der Waals surface area contributed by atoms with E-state index < -0.39 is 0 Å². The van der Waals surface area contributed by atoms with E-state index >= 15 is 0 Å². The molecule has 1 fully saturated rings. The second-order valence-corrected chi connectivity index (χ2v) is 6.63. The number of hydrogen-bond acceptors (Lipinski definition) is 3. The SMILES string of the molecule is COc1ccc2cc(C(=O)N3CCC(c4ccc(F)cc4)CC3)oc2c1. The molecule has 1 aliphatic rings. The lowest BCUT2D eigenvalue weighted by atomic mass is 9.89. The zero-order valence-corrected chi connectivity index (χ0v) is 14.6.